The van der Waals surface area contributed by atoms with E-state index < -0.39 is 0 Å². The lowest BCUT2D eigenvalue weighted by molar-refractivity contribution is 1.46. The third-order valence-corrected chi connectivity index (χ3v) is 9.63. The maximum absolute atomic E-state index is 6.15. The van der Waals surface area contributed by atoms with Crippen molar-refractivity contribution in [3.8, 4) is 33.4 Å². The van der Waals surface area contributed by atoms with Crippen molar-refractivity contribution < 1.29 is 0 Å². The highest BCUT2D eigenvalue weighted by Gasteiger charge is 2.17. The Morgan fingerprint density at radius 2 is 0.882 bits per heavy atom. The zero-order valence-corrected chi connectivity index (χ0v) is 28.6. The van der Waals surface area contributed by atoms with Crippen LogP contribution in [0.3, 0.4) is 0 Å². The van der Waals surface area contributed by atoms with Crippen molar-refractivity contribution in [2.45, 2.75) is 6.92 Å². The molecule has 2 nitrogen and oxygen atoms in total. The van der Waals surface area contributed by atoms with Crippen molar-refractivity contribution in [3.63, 3.8) is 0 Å². The van der Waals surface area contributed by atoms with E-state index in [4.69, 9.17) is 5.73 Å². The molecule has 51 heavy (non-hydrogen) atoms. The van der Waals surface area contributed by atoms with E-state index in [1.54, 1.807) is 0 Å². The van der Waals surface area contributed by atoms with E-state index in [0.29, 0.717) is 0 Å². The van der Waals surface area contributed by atoms with Crippen molar-refractivity contribution in [2.75, 3.05) is 11.1 Å². The third-order valence-electron chi connectivity index (χ3n) is 9.63. The Morgan fingerprint density at radius 1 is 0.373 bits per heavy atom. The summed E-state index contributed by atoms with van der Waals surface area (Å²) in [5.74, 6) is 0. The third kappa shape index (κ3) is 6.32. The molecule has 3 N–H and O–H groups in total. The van der Waals surface area contributed by atoms with Crippen LogP contribution in [0.1, 0.15) is 5.56 Å². The number of fused-ring (bicyclic) bond motifs is 3. The maximum atomic E-state index is 6.15. The number of nitrogens with one attached hydrogen (secondary N) is 1. The standard InChI is InChI=1S/C36H26N2.C13H12/c37-33-18-7-8-19-34(33)38-26-22-20-25(21-23-26)35-29-13-3-5-15-31(29)36(32-16-6-4-14-30(32)35)28-17-9-11-24-10-1-2-12-27(24)28;1-11-7-5-6-10-13(11)12-8-3-2-4-9-12/h1-23,38H,37H2;2-10H,1H3. The summed E-state index contributed by atoms with van der Waals surface area (Å²) in [5.41, 5.74) is 17.7. The molecule has 9 aromatic carbocycles. The second kappa shape index (κ2) is 14.1. The SMILES string of the molecule is Cc1ccccc1-c1ccccc1.Nc1ccccc1Nc1ccc(-c2c3ccccc3c(-c3cccc4ccccc34)c3ccccc23)cc1. The van der Waals surface area contributed by atoms with Crippen LogP contribution in [0.5, 0.6) is 0 Å². The van der Waals surface area contributed by atoms with Gasteiger partial charge >= 0.3 is 0 Å². The molecule has 9 aromatic rings. The van der Waals surface area contributed by atoms with Gasteiger partial charge in [0.05, 0.1) is 11.4 Å². The van der Waals surface area contributed by atoms with Crippen LogP contribution < -0.4 is 11.1 Å². The summed E-state index contributed by atoms with van der Waals surface area (Å²) in [6.45, 7) is 2.14. The molecule has 0 aliphatic carbocycles. The first-order valence-electron chi connectivity index (χ1n) is 17.4. The van der Waals surface area contributed by atoms with Gasteiger partial charge in [0.1, 0.15) is 0 Å². The van der Waals surface area contributed by atoms with Gasteiger partial charge in [-0.3, -0.25) is 0 Å². The first-order chi connectivity index (χ1) is 25.2. The van der Waals surface area contributed by atoms with E-state index in [0.717, 1.165) is 17.1 Å². The van der Waals surface area contributed by atoms with Crippen molar-refractivity contribution in [3.05, 3.63) is 200 Å². The van der Waals surface area contributed by atoms with Gasteiger partial charge in [-0.1, -0.05) is 170 Å². The fourth-order valence-corrected chi connectivity index (χ4v) is 7.17. The summed E-state index contributed by atoms with van der Waals surface area (Å²) in [6.07, 6.45) is 0. The van der Waals surface area contributed by atoms with Crippen LogP contribution in [0.15, 0.2) is 194 Å². The van der Waals surface area contributed by atoms with Crippen molar-refractivity contribution in [1.29, 1.82) is 0 Å². The lowest BCUT2D eigenvalue weighted by Gasteiger charge is -2.19. The van der Waals surface area contributed by atoms with Gasteiger partial charge in [-0.05, 0) is 102 Å². The molecule has 0 fully saturated rings. The summed E-state index contributed by atoms with van der Waals surface area (Å²) in [5, 5.41) is 11.0. The van der Waals surface area contributed by atoms with Gasteiger partial charge in [-0.25, -0.2) is 0 Å². The van der Waals surface area contributed by atoms with Gasteiger partial charge < -0.3 is 11.1 Å². The molecule has 9 rings (SSSR count). The fourth-order valence-electron chi connectivity index (χ4n) is 7.17. The summed E-state index contributed by atoms with van der Waals surface area (Å²) in [7, 11) is 0. The summed E-state index contributed by atoms with van der Waals surface area (Å²) >= 11 is 0. The van der Waals surface area contributed by atoms with Gasteiger partial charge in [-0.15, -0.1) is 0 Å². The lowest BCUT2D eigenvalue weighted by Crippen LogP contribution is -1.96. The molecule has 0 unspecified atom stereocenters. The van der Waals surface area contributed by atoms with Crippen LogP contribution in [0.4, 0.5) is 17.1 Å². The zero-order valence-electron chi connectivity index (χ0n) is 28.6. The molecule has 2 heteroatoms. The number of para-hydroxylation sites is 2. The molecule has 0 spiro atoms. The Bertz CT molecular complexity index is 2560. The van der Waals surface area contributed by atoms with E-state index in [1.807, 2.05) is 30.3 Å². The smallest absolute Gasteiger partial charge is 0.0617 e. The number of nitrogen functional groups attached to an aromatic ring is 1. The average molecular weight is 655 g/mol. The van der Waals surface area contributed by atoms with Crippen LogP contribution in [0.2, 0.25) is 0 Å². The fraction of sp³-hybridized carbons (Fsp3) is 0.0204. The Kier molecular flexibility index (Phi) is 8.72. The largest absolute Gasteiger partial charge is 0.397 e. The Hall–Kier alpha value is -6.64. The highest BCUT2D eigenvalue weighted by atomic mass is 14.9. The molecule has 0 bridgehead atoms. The number of anilines is 3. The van der Waals surface area contributed by atoms with E-state index in [1.165, 1.54) is 71.3 Å². The quantitative estimate of drug-likeness (QED) is 0.143. The first-order valence-corrected chi connectivity index (χ1v) is 17.4. The second-order valence-electron chi connectivity index (χ2n) is 12.8. The lowest BCUT2D eigenvalue weighted by atomic mass is 9.85. The van der Waals surface area contributed by atoms with Gasteiger partial charge in [0.25, 0.3) is 0 Å². The predicted octanol–water partition coefficient (Wildman–Crippen LogP) is 13.5. The number of hydrogen-bond donors (Lipinski definition) is 2. The average Bonchev–Trinajstić information content (AvgIpc) is 3.19. The molecular weight excluding hydrogens is 617 g/mol. The number of rotatable bonds is 5. The molecule has 0 saturated carbocycles. The van der Waals surface area contributed by atoms with Crippen molar-refractivity contribution in [2.24, 2.45) is 0 Å². The molecule has 0 aliphatic rings. The molecule has 244 valence electrons. The molecule has 0 amide bonds. The van der Waals surface area contributed by atoms with Gasteiger partial charge in [-0.2, -0.15) is 0 Å². The molecular formula is C49H38N2. The van der Waals surface area contributed by atoms with Crippen molar-refractivity contribution in [1.82, 2.24) is 0 Å². The van der Waals surface area contributed by atoms with Gasteiger partial charge in [0.15, 0.2) is 0 Å². The maximum Gasteiger partial charge on any atom is 0.0617 e. The highest BCUT2D eigenvalue weighted by Crippen LogP contribution is 2.45. The molecule has 0 aromatic heterocycles. The minimum absolute atomic E-state index is 0.734. The number of aryl methyl sites for hydroxylation is 1. The molecule has 0 saturated heterocycles. The monoisotopic (exact) mass is 654 g/mol. The van der Waals surface area contributed by atoms with Crippen LogP contribution in [-0.2, 0) is 0 Å². The minimum atomic E-state index is 0.734. The summed E-state index contributed by atoms with van der Waals surface area (Å²) in [6, 6.07) is 68.3. The number of nitrogens with two attached hydrogens (primary N) is 1. The number of benzene rings is 9. The molecule has 0 heterocycles. The molecule has 0 atom stereocenters. The van der Waals surface area contributed by atoms with Gasteiger partial charge in [0.2, 0.25) is 0 Å². The molecule has 0 aliphatic heterocycles. The zero-order chi connectivity index (χ0) is 34.6. The molecule has 0 radical (unpaired) electrons. The van der Waals surface area contributed by atoms with E-state index >= 15 is 0 Å². The highest BCUT2D eigenvalue weighted by molar-refractivity contribution is 6.23. The minimum Gasteiger partial charge on any atom is -0.397 e. The summed E-state index contributed by atoms with van der Waals surface area (Å²) in [4.78, 5) is 0. The van der Waals surface area contributed by atoms with Crippen molar-refractivity contribution >= 4 is 49.4 Å². The topological polar surface area (TPSA) is 38.0 Å². The van der Waals surface area contributed by atoms with Crippen LogP contribution in [0.25, 0.3) is 65.7 Å². The normalized spacial score (nSPS) is 10.9. The van der Waals surface area contributed by atoms with Crippen LogP contribution in [0, 0.1) is 6.92 Å². The van der Waals surface area contributed by atoms with E-state index in [9.17, 15) is 0 Å². The second-order valence-corrected chi connectivity index (χ2v) is 12.8. The van der Waals surface area contributed by atoms with Crippen LogP contribution >= 0.6 is 0 Å². The predicted molar refractivity (Wildman–Crippen MR) is 221 cm³/mol. The summed E-state index contributed by atoms with van der Waals surface area (Å²) < 4.78 is 0. The van der Waals surface area contributed by atoms with E-state index in [2.05, 4.69) is 176 Å². The Labute approximate surface area is 299 Å². The Morgan fingerprint density at radius 3 is 1.55 bits per heavy atom. The van der Waals surface area contributed by atoms with Crippen LogP contribution in [-0.4, -0.2) is 0 Å². The first kappa shape index (κ1) is 31.6. The Balaban J connectivity index is 0.000000242. The van der Waals surface area contributed by atoms with E-state index in [-0.39, 0.29) is 0 Å². The van der Waals surface area contributed by atoms with Gasteiger partial charge in [0, 0.05) is 5.69 Å². The number of hydrogen-bond acceptors (Lipinski definition) is 2.